The molecule has 1 spiro atoms. The third-order valence-electron chi connectivity index (χ3n) is 6.21. The van der Waals surface area contributed by atoms with Crippen molar-refractivity contribution in [3.8, 4) is 0 Å². The molecule has 5 rings (SSSR count). The fourth-order valence-electron chi connectivity index (χ4n) is 4.19. The van der Waals surface area contributed by atoms with Gasteiger partial charge in [0.2, 0.25) is 11.8 Å². The number of thiazole rings is 1. The average molecular weight is 421 g/mol. The van der Waals surface area contributed by atoms with Crippen LogP contribution in [0.5, 0.6) is 0 Å². The summed E-state index contributed by atoms with van der Waals surface area (Å²) in [5.41, 5.74) is 4.13. The zero-order chi connectivity index (χ0) is 20.7. The molecule has 0 aromatic carbocycles. The Morgan fingerprint density at radius 1 is 1.30 bits per heavy atom. The number of nitrogens with zero attached hydrogens (tertiary/aromatic N) is 3. The average Bonchev–Trinajstić information content (AvgIpc) is 3.40. The van der Waals surface area contributed by atoms with Crippen LogP contribution < -0.4 is 5.32 Å². The largest absolute Gasteiger partial charge is 0.339 e. The third-order valence-corrected chi connectivity index (χ3v) is 7.00. The second-order valence-corrected chi connectivity index (χ2v) is 9.50. The van der Waals surface area contributed by atoms with Crippen molar-refractivity contribution in [2.75, 3.05) is 18.4 Å². The fourth-order valence-corrected chi connectivity index (χ4v) is 4.76. The lowest BCUT2D eigenvalue weighted by atomic mass is 9.92. The van der Waals surface area contributed by atoms with E-state index in [1.807, 2.05) is 24.0 Å². The Bertz CT molecular complexity index is 1070. The fraction of sp³-hybridized carbons (Fsp3) is 0.391. The van der Waals surface area contributed by atoms with Crippen molar-refractivity contribution in [2.24, 2.45) is 5.41 Å². The summed E-state index contributed by atoms with van der Waals surface area (Å²) in [6.45, 7) is 3.47. The van der Waals surface area contributed by atoms with Crippen LogP contribution in [0.3, 0.4) is 0 Å². The van der Waals surface area contributed by atoms with Gasteiger partial charge < -0.3 is 10.2 Å². The Morgan fingerprint density at radius 2 is 2.10 bits per heavy atom. The lowest BCUT2D eigenvalue weighted by Crippen LogP contribution is -2.35. The zero-order valence-electron chi connectivity index (χ0n) is 17.0. The van der Waals surface area contributed by atoms with Crippen LogP contribution in [0.2, 0.25) is 0 Å². The maximum atomic E-state index is 12.6. The molecule has 1 N–H and O–H groups in total. The number of carbonyl (C=O) groups is 2. The first-order valence-electron chi connectivity index (χ1n) is 10.4. The molecule has 1 saturated heterocycles. The minimum atomic E-state index is -0.205. The van der Waals surface area contributed by atoms with Crippen LogP contribution in [0.1, 0.15) is 47.5 Å². The van der Waals surface area contributed by atoms with E-state index >= 15 is 0 Å². The van der Waals surface area contributed by atoms with Gasteiger partial charge in [-0.3, -0.25) is 9.59 Å². The summed E-state index contributed by atoms with van der Waals surface area (Å²) in [7, 11) is 0. The Labute approximate surface area is 179 Å². The first kappa shape index (κ1) is 19.2. The maximum Gasteiger partial charge on any atom is 0.246 e. The van der Waals surface area contributed by atoms with E-state index in [-0.39, 0.29) is 17.2 Å². The summed E-state index contributed by atoms with van der Waals surface area (Å²) in [5, 5.41) is 6.07. The van der Waals surface area contributed by atoms with Crippen LogP contribution in [0.25, 0.3) is 12.2 Å². The molecule has 30 heavy (non-hydrogen) atoms. The Kier molecular flexibility index (Phi) is 4.77. The van der Waals surface area contributed by atoms with Crippen LogP contribution in [-0.4, -0.2) is 39.8 Å². The number of aryl methyl sites for hydroxylation is 1. The van der Waals surface area contributed by atoms with Crippen LogP contribution >= 0.6 is 11.3 Å². The Hall–Kier alpha value is -2.80. The number of piperidine rings is 1. The van der Waals surface area contributed by atoms with Crippen LogP contribution in [-0.2, 0) is 16.0 Å². The molecule has 3 aliphatic rings. The lowest BCUT2D eigenvalue weighted by Gasteiger charge is -2.27. The van der Waals surface area contributed by atoms with E-state index < -0.39 is 0 Å². The molecule has 2 amide bonds. The molecular formula is C23H24N4O2S. The molecule has 2 aromatic heterocycles. The zero-order valence-corrected chi connectivity index (χ0v) is 17.8. The van der Waals surface area contributed by atoms with Crippen molar-refractivity contribution >= 4 is 41.1 Å². The molecule has 2 aliphatic heterocycles. The summed E-state index contributed by atoms with van der Waals surface area (Å²) >= 11 is 1.66. The van der Waals surface area contributed by atoms with Gasteiger partial charge in [-0.2, -0.15) is 0 Å². The summed E-state index contributed by atoms with van der Waals surface area (Å²) in [6.07, 6.45) is 11.7. The molecule has 154 valence electrons. The summed E-state index contributed by atoms with van der Waals surface area (Å²) < 4.78 is 0. The summed E-state index contributed by atoms with van der Waals surface area (Å²) in [6, 6.07) is 2.04. The minimum Gasteiger partial charge on any atom is -0.339 e. The molecule has 2 aromatic rings. The van der Waals surface area contributed by atoms with Gasteiger partial charge in [0.05, 0.1) is 16.1 Å². The van der Waals surface area contributed by atoms with E-state index in [1.54, 1.807) is 23.6 Å². The molecule has 2 fully saturated rings. The molecule has 0 unspecified atom stereocenters. The molecule has 1 saturated carbocycles. The number of pyridine rings is 1. The smallest absolute Gasteiger partial charge is 0.246 e. The lowest BCUT2D eigenvalue weighted by molar-refractivity contribution is -0.126. The van der Waals surface area contributed by atoms with Crippen molar-refractivity contribution in [1.82, 2.24) is 14.9 Å². The standard InChI is InChI=1S/C23H24N4O2S/c1-15-25-19(14-30-15)11-16-4-8-27(9-5-16)20(28)3-2-17-10-18-12-23(6-7-23)22(29)26-21(18)24-13-17/h2-3,10-11,13-14H,4-9,12H2,1H3,(H,24,26,29)/b3-2+. The molecule has 1 aliphatic carbocycles. The number of carbonyl (C=O) groups excluding carboxylic acids is 2. The SMILES string of the molecule is Cc1nc(C=C2CCN(C(=O)/C=C/c3cnc4c(c3)CC3(CC3)C(=O)N4)CC2)cs1. The molecule has 6 nitrogen and oxygen atoms in total. The van der Waals surface area contributed by atoms with Crippen molar-refractivity contribution in [3.05, 3.63) is 51.1 Å². The first-order chi connectivity index (χ1) is 14.5. The van der Waals surface area contributed by atoms with Crippen molar-refractivity contribution in [3.63, 3.8) is 0 Å². The highest BCUT2D eigenvalue weighted by atomic mass is 32.1. The van der Waals surface area contributed by atoms with Gasteiger partial charge in [-0.15, -0.1) is 11.3 Å². The highest BCUT2D eigenvalue weighted by Gasteiger charge is 2.52. The van der Waals surface area contributed by atoms with Crippen molar-refractivity contribution < 1.29 is 9.59 Å². The van der Waals surface area contributed by atoms with Crippen LogP contribution in [0, 0.1) is 12.3 Å². The topological polar surface area (TPSA) is 75.2 Å². The number of rotatable bonds is 3. The summed E-state index contributed by atoms with van der Waals surface area (Å²) in [5.74, 6) is 0.791. The second kappa shape index (κ2) is 7.47. The van der Waals surface area contributed by atoms with Gasteiger partial charge in [0.25, 0.3) is 0 Å². The van der Waals surface area contributed by atoms with E-state index in [4.69, 9.17) is 0 Å². The monoisotopic (exact) mass is 420 g/mol. The predicted octanol–water partition coefficient (Wildman–Crippen LogP) is 3.84. The molecular weight excluding hydrogens is 396 g/mol. The van der Waals surface area contributed by atoms with E-state index in [9.17, 15) is 9.59 Å². The quantitative estimate of drug-likeness (QED) is 0.766. The molecule has 7 heteroatoms. The van der Waals surface area contributed by atoms with E-state index in [2.05, 4.69) is 26.7 Å². The number of fused-ring (bicyclic) bond motifs is 1. The molecule has 0 bridgehead atoms. The van der Waals surface area contributed by atoms with Crippen LogP contribution in [0.15, 0.2) is 29.3 Å². The number of nitrogens with one attached hydrogen (secondary N) is 1. The second-order valence-electron chi connectivity index (χ2n) is 8.44. The van der Waals surface area contributed by atoms with Gasteiger partial charge in [-0.25, -0.2) is 9.97 Å². The van der Waals surface area contributed by atoms with Gasteiger partial charge in [0.15, 0.2) is 0 Å². The number of amides is 2. The highest BCUT2D eigenvalue weighted by molar-refractivity contribution is 7.09. The highest BCUT2D eigenvalue weighted by Crippen LogP contribution is 2.52. The minimum absolute atomic E-state index is 0.0308. The number of hydrogen-bond donors (Lipinski definition) is 1. The van der Waals surface area contributed by atoms with E-state index in [1.165, 1.54) is 5.57 Å². The van der Waals surface area contributed by atoms with E-state index in [0.29, 0.717) is 5.82 Å². The van der Waals surface area contributed by atoms with Gasteiger partial charge in [0.1, 0.15) is 5.82 Å². The van der Waals surface area contributed by atoms with Crippen molar-refractivity contribution in [2.45, 2.75) is 39.0 Å². The van der Waals surface area contributed by atoms with E-state index in [0.717, 1.165) is 67.0 Å². The number of aromatic nitrogens is 2. The maximum absolute atomic E-state index is 12.6. The molecule has 0 atom stereocenters. The third kappa shape index (κ3) is 3.81. The van der Waals surface area contributed by atoms with Gasteiger partial charge >= 0.3 is 0 Å². The van der Waals surface area contributed by atoms with Crippen LogP contribution in [0.4, 0.5) is 5.82 Å². The predicted molar refractivity (Wildman–Crippen MR) is 118 cm³/mol. The van der Waals surface area contributed by atoms with Crippen molar-refractivity contribution in [1.29, 1.82) is 0 Å². The normalized spacial score (nSPS) is 19.7. The first-order valence-corrected chi connectivity index (χ1v) is 11.3. The number of anilines is 1. The Morgan fingerprint density at radius 3 is 2.80 bits per heavy atom. The van der Waals surface area contributed by atoms with Gasteiger partial charge in [0, 0.05) is 30.7 Å². The van der Waals surface area contributed by atoms with Gasteiger partial charge in [-0.1, -0.05) is 5.57 Å². The number of likely N-dealkylation sites (tertiary alicyclic amines) is 1. The number of hydrogen-bond acceptors (Lipinski definition) is 5. The van der Waals surface area contributed by atoms with Gasteiger partial charge in [-0.05, 0) is 68.4 Å². The summed E-state index contributed by atoms with van der Waals surface area (Å²) in [4.78, 5) is 35.5. The molecule has 4 heterocycles. The Balaban J connectivity index is 1.20. The molecule has 0 radical (unpaired) electrons.